The van der Waals surface area contributed by atoms with Crippen molar-refractivity contribution in [1.82, 2.24) is 0 Å². The fraction of sp³-hybridized carbons (Fsp3) is 0. The highest BCUT2D eigenvalue weighted by molar-refractivity contribution is 5.48. The third-order valence-corrected chi connectivity index (χ3v) is 2.22. The monoisotopic (exact) mass is 205 g/mol. The second-order valence-corrected chi connectivity index (χ2v) is 3.47. The molecule has 0 amide bonds. The van der Waals surface area contributed by atoms with Crippen molar-refractivity contribution >= 4 is 6.08 Å². The Bertz CT molecular complexity index is 474. The molecule has 0 radical (unpaired) electrons. The lowest BCUT2D eigenvalue weighted by atomic mass is 10.1. The van der Waals surface area contributed by atoms with Crippen molar-refractivity contribution < 1.29 is 0 Å². The number of hydrogen-bond donors (Lipinski definition) is 0. The van der Waals surface area contributed by atoms with Crippen LogP contribution in [0.2, 0.25) is 0 Å². The number of allylic oxidation sites excluding steroid dienone is 1. The SMILES string of the molecule is C(=C[CH+]c1ccccc1)=Cc1ccccc1. The van der Waals surface area contributed by atoms with Gasteiger partial charge in [-0.05, 0) is 29.5 Å². The van der Waals surface area contributed by atoms with Crippen LogP contribution in [0.3, 0.4) is 0 Å². The van der Waals surface area contributed by atoms with E-state index >= 15 is 0 Å². The smallest absolute Gasteiger partial charge is 0.0622 e. The van der Waals surface area contributed by atoms with E-state index in [4.69, 9.17) is 0 Å². The first-order valence-electron chi connectivity index (χ1n) is 5.31. The van der Waals surface area contributed by atoms with Crippen LogP contribution in [-0.2, 0) is 0 Å². The van der Waals surface area contributed by atoms with E-state index in [0.717, 1.165) is 0 Å². The second kappa shape index (κ2) is 5.65. The van der Waals surface area contributed by atoms with Gasteiger partial charge in [0.1, 0.15) is 0 Å². The molecule has 2 rings (SSSR count). The molecular weight excluding hydrogens is 192 g/mol. The van der Waals surface area contributed by atoms with Gasteiger partial charge in [0.25, 0.3) is 0 Å². The van der Waals surface area contributed by atoms with Crippen molar-refractivity contribution in [3.8, 4) is 0 Å². The molecule has 0 aliphatic rings. The quantitative estimate of drug-likeness (QED) is 0.522. The first-order chi connectivity index (χ1) is 7.95. The molecule has 0 heterocycles. The third kappa shape index (κ3) is 3.20. The van der Waals surface area contributed by atoms with Gasteiger partial charge in [0.15, 0.2) is 0 Å². The Morgan fingerprint density at radius 2 is 1.44 bits per heavy atom. The summed E-state index contributed by atoms with van der Waals surface area (Å²) in [5, 5.41) is 0. The summed E-state index contributed by atoms with van der Waals surface area (Å²) in [5.74, 6) is 0. The normalized spacial score (nSPS) is 9.00. The molecule has 0 aromatic heterocycles. The average Bonchev–Trinajstić information content (AvgIpc) is 2.37. The van der Waals surface area contributed by atoms with Crippen LogP contribution >= 0.6 is 0 Å². The molecule has 0 unspecified atom stereocenters. The molecule has 76 valence electrons. The van der Waals surface area contributed by atoms with Crippen LogP contribution in [0.15, 0.2) is 72.5 Å². The predicted molar refractivity (Wildman–Crippen MR) is 68.8 cm³/mol. The largest absolute Gasteiger partial charge is 0.0958 e. The lowest BCUT2D eigenvalue weighted by Gasteiger charge is -1.85. The Hall–Kier alpha value is -2.17. The van der Waals surface area contributed by atoms with Crippen LogP contribution in [0, 0.1) is 6.42 Å². The summed E-state index contributed by atoms with van der Waals surface area (Å²) in [7, 11) is 0. The van der Waals surface area contributed by atoms with Gasteiger partial charge in [0.2, 0.25) is 0 Å². The van der Waals surface area contributed by atoms with Crippen LogP contribution in [0.25, 0.3) is 6.08 Å². The van der Waals surface area contributed by atoms with Crippen molar-refractivity contribution in [2.75, 3.05) is 0 Å². The van der Waals surface area contributed by atoms with Crippen molar-refractivity contribution in [3.63, 3.8) is 0 Å². The maximum atomic E-state index is 3.14. The molecular formula is C16H13+. The van der Waals surface area contributed by atoms with Crippen LogP contribution < -0.4 is 0 Å². The second-order valence-electron chi connectivity index (χ2n) is 3.47. The van der Waals surface area contributed by atoms with Crippen molar-refractivity contribution in [3.05, 3.63) is 90.0 Å². The zero-order chi connectivity index (χ0) is 11.1. The van der Waals surface area contributed by atoms with E-state index < -0.39 is 0 Å². The Morgan fingerprint density at radius 1 is 0.812 bits per heavy atom. The molecule has 0 N–H and O–H groups in total. The fourth-order valence-corrected chi connectivity index (χ4v) is 1.40. The molecule has 0 heteroatoms. The van der Waals surface area contributed by atoms with Gasteiger partial charge in [-0.25, -0.2) is 0 Å². The summed E-state index contributed by atoms with van der Waals surface area (Å²) in [6, 6.07) is 20.4. The average molecular weight is 205 g/mol. The number of rotatable bonds is 3. The van der Waals surface area contributed by atoms with Gasteiger partial charge in [-0.3, -0.25) is 0 Å². The molecule has 2 aromatic carbocycles. The first kappa shape index (κ1) is 10.4. The van der Waals surface area contributed by atoms with Gasteiger partial charge in [-0.1, -0.05) is 30.3 Å². The van der Waals surface area contributed by atoms with Gasteiger partial charge in [0.05, 0.1) is 11.6 Å². The summed E-state index contributed by atoms with van der Waals surface area (Å²) >= 11 is 0. The predicted octanol–water partition coefficient (Wildman–Crippen LogP) is 4.11. The van der Waals surface area contributed by atoms with E-state index in [1.807, 2.05) is 55.0 Å². The van der Waals surface area contributed by atoms with Crippen molar-refractivity contribution in [2.45, 2.75) is 0 Å². The molecule has 0 spiro atoms. The zero-order valence-electron chi connectivity index (χ0n) is 9.01. The van der Waals surface area contributed by atoms with Crippen molar-refractivity contribution in [1.29, 1.82) is 0 Å². The minimum Gasteiger partial charge on any atom is -0.0622 e. The van der Waals surface area contributed by atoms with E-state index in [1.165, 1.54) is 11.1 Å². The van der Waals surface area contributed by atoms with Crippen LogP contribution in [0.5, 0.6) is 0 Å². The molecule has 0 saturated heterocycles. The van der Waals surface area contributed by atoms with Gasteiger partial charge in [0, 0.05) is 24.6 Å². The van der Waals surface area contributed by atoms with Gasteiger partial charge < -0.3 is 0 Å². The Labute approximate surface area is 96.6 Å². The maximum Gasteiger partial charge on any atom is 0.0958 e. The van der Waals surface area contributed by atoms with Crippen LogP contribution in [0.1, 0.15) is 11.1 Å². The maximum absolute atomic E-state index is 3.14. The molecule has 0 atom stereocenters. The number of benzene rings is 2. The lowest BCUT2D eigenvalue weighted by Crippen LogP contribution is -1.73. The fourth-order valence-electron chi connectivity index (χ4n) is 1.40. The van der Waals surface area contributed by atoms with E-state index in [2.05, 4.69) is 30.0 Å². The van der Waals surface area contributed by atoms with Crippen molar-refractivity contribution in [2.24, 2.45) is 0 Å². The summed E-state index contributed by atoms with van der Waals surface area (Å²) < 4.78 is 0. The molecule has 0 aliphatic carbocycles. The standard InChI is InChI=1S/C16H13/c1-3-9-15(10-4-1)13-7-8-14-16-11-5-2-6-12-16/h1-7,9-14H/q+1. The molecule has 16 heavy (non-hydrogen) atoms. The van der Waals surface area contributed by atoms with Gasteiger partial charge >= 0.3 is 0 Å². The molecule has 0 aliphatic heterocycles. The molecule has 0 fully saturated rings. The van der Waals surface area contributed by atoms with E-state index in [-0.39, 0.29) is 0 Å². The van der Waals surface area contributed by atoms with Crippen LogP contribution in [0.4, 0.5) is 0 Å². The highest BCUT2D eigenvalue weighted by atomic mass is 13.9. The Morgan fingerprint density at radius 3 is 2.12 bits per heavy atom. The molecule has 0 saturated carbocycles. The minimum absolute atomic E-state index is 1.17. The van der Waals surface area contributed by atoms with E-state index in [9.17, 15) is 0 Å². The highest BCUT2D eigenvalue weighted by Gasteiger charge is 1.92. The van der Waals surface area contributed by atoms with Crippen LogP contribution in [-0.4, -0.2) is 0 Å². The zero-order valence-corrected chi connectivity index (χ0v) is 9.01. The van der Waals surface area contributed by atoms with Gasteiger partial charge in [-0.15, -0.1) is 0 Å². The van der Waals surface area contributed by atoms with E-state index in [0.29, 0.717) is 0 Å². The minimum atomic E-state index is 1.17. The summed E-state index contributed by atoms with van der Waals surface area (Å²) in [6.45, 7) is 0. The van der Waals surface area contributed by atoms with E-state index in [1.54, 1.807) is 0 Å². The third-order valence-electron chi connectivity index (χ3n) is 2.22. The Kier molecular flexibility index (Phi) is 3.65. The molecule has 0 bridgehead atoms. The lowest BCUT2D eigenvalue weighted by molar-refractivity contribution is 1.53. The molecule has 0 nitrogen and oxygen atoms in total. The van der Waals surface area contributed by atoms with Gasteiger partial charge in [-0.2, -0.15) is 0 Å². The summed E-state index contributed by atoms with van der Waals surface area (Å²) in [4.78, 5) is 0. The Balaban J connectivity index is 1.98. The number of hydrogen-bond acceptors (Lipinski definition) is 0. The molecule has 2 aromatic rings. The summed E-state index contributed by atoms with van der Waals surface area (Å²) in [6.07, 6.45) is 5.95. The topological polar surface area (TPSA) is 0 Å². The summed E-state index contributed by atoms with van der Waals surface area (Å²) in [5.41, 5.74) is 5.50. The first-order valence-corrected chi connectivity index (χ1v) is 5.31. The highest BCUT2D eigenvalue weighted by Crippen LogP contribution is 2.03.